The van der Waals surface area contributed by atoms with Crippen molar-refractivity contribution in [1.82, 2.24) is 0 Å². The minimum Gasteiger partial charge on any atom is -0.507 e. The lowest BCUT2D eigenvalue weighted by atomic mass is 9.77. The van der Waals surface area contributed by atoms with Gasteiger partial charge < -0.3 is 60.5 Å². The third-order valence-electron chi connectivity index (χ3n) is 7.70. The number of rotatable bonds is 3. The van der Waals surface area contributed by atoms with E-state index in [1.54, 1.807) is 0 Å². The van der Waals surface area contributed by atoms with Gasteiger partial charge in [-0.3, -0.25) is 0 Å². The molecule has 0 amide bonds. The molecule has 4 aromatic rings. The van der Waals surface area contributed by atoms with Gasteiger partial charge in [-0.2, -0.15) is 0 Å². The van der Waals surface area contributed by atoms with Crippen LogP contribution in [0.15, 0.2) is 54.6 Å². The molecular weight excluding hydrogens is 552 g/mol. The van der Waals surface area contributed by atoms with Crippen LogP contribution >= 0.6 is 0 Å². The molecule has 42 heavy (non-hydrogen) atoms. The molecule has 2 aliphatic rings. The maximum atomic E-state index is 11.7. The topological polar surface area (TPSA) is 221 Å². The lowest BCUT2D eigenvalue weighted by Gasteiger charge is -2.40. The largest absolute Gasteiger partial charge is 0.507 e. The van der Waals surface area contributed by atoms with Crippen molar-refractivity contribution in [3.8, 4) is 57.5 Å². The monoisotopic (exact) mass is 578 g/mol. The zero-order chi connectivity index (χ0) is 30.0. The molecule has 5 atom stereocenters. The van der Waals surface area contributed by atoms with Crippen LogP contribution in [0.4, 0.5) is 0 Å². The zero-order valence-corrected chi connectivity index (χ0v) is 21.6. The predicted molar refractivity (Wildman–Crippen MR) is 143 cm³/mol. The zero-order valence-electron chi connectivity index (χ0n) is 21.6. The minimum absolute atomic E-state index is 0.00948. The minimum atomic E-state index is -1.54. The van der Waals surface area contributed by atoms with Crippen LogP contribution in [-0.2, 0) is 6.42 Å². The van der Waals surface area contributed by atoms with Gasteiger partial charge in [-0.05, 0) is 41.5 Å². The Balaban J connectivity index is 1.55. The van der Waals surface area contributed by atoms with Gasteiger partial charge >= 0.3 is 0 Å². The fourth-order valence-corrected chi connectivity index (χ4v) is 5.64. The van der Waals surface area contributed by atoms with Crippen LogP contribution in [0.2, 0.25) is 0 Å². The van der Waals surface area contributed by atoms with Crippen LogP contribution < -0.4 is 9.47 Å². The molecule has 0 saturated carbocycles. The quantitative estimate of drug-likeness (QED) is 0.159. The second-order valence-corrected chi connectivity index (χ2v) is 10.3. The number of hydrogen-bond acceptors (Lipinski definition) is 12. The Morgan fingerprint density at radius 3 is 1.74 bits per heavy atom. The molecular formula is C30H26O12. The van der Waals surface area contributed by atoms with Gasteiger partial charge in [-0.15, -0.1) is 0 Å². The third kappa shape index (κ3) is 4.24. The summed E-state index contributed by atoms with van der Waals surface area (Å²) in [7, 11) is 0. The van der Waals surface area contributed by atoms with E-state index in [1.807, 2.05) is 0 Å². The maximum Gasteiger partial charge on any atom is 0.161 e. The molecule has 2 heterocycles. The van der Waals surface area contributed by atoms with Crippen LogP contribution in [0, 0.1) is 0 Å². The van der Waals surface area contributed by atoms with Crippen molar-refractivity contribution in [3.05, 3.63) is 82.4 Å². The van der Waals surface area contributed by atoms with Gasteiger partial charge in [-0.25, -0.2) is 0 Å². The lowest BCUT2D eigenvalue weighted by molar-refractivity contribution is 0.00176. The van der Waals surface area contributed by atoms with Gasteiger partial charge in [-0.1, -0.05) is 12.1 Å². The summed E-state index contributed by atoms with van der Waals surface area (Å²) in [5, 5.41) is 105. The van der Waals surface area contributed by atoms with Crippen LogP contribution in [-0.4, -0.2) is 63.3 Å². The first-order chi connectivity index (χ1) is 19.9. The van der Waals surface area contributed by atoms with Gasteiger partial charge in [0.2, 0.25) is 0 Å². The summed E-state index contributed by atoms with van der Waals surface area (Å²) in [6.45, 7) is 0. The van der Waals surface area contributed by atoms with Crippen LogP contribution in [0.1, 0.15) is 45.9 Å². The molecule has 4 aromatic carbocycles. The van der Waals surface area contributed by atoms with Crippen molar-refractivity contribution < 1.29 is 60.5 Å². The highest BCUT2D eigenvalue weighted by atomic mass is 16.5. The summed E-state index contributed by atoms with van der Waals surface area (Å²) in [6, 6.07) is 10.9. The van der Waals surface area contributed by atoms with E-state index in [1.165, 1.54) is 36.4 Å². The molecule has 0 fully saturated rings. The molecule has 0 saturated heterocycles. The van der Waals surface area contributed by atoms with Crippen molar-refractivity contribution in [1.29, 1.82) is 0 Å². The Labute approximate surface area is 237 Å². The summed E-state index contributed by atoms with van der Waals surface area (Å²) in [5.74, 6) is -5.04. The van der Waals surface area contributed by atoms with Crippen molar-refractivity contribution in [2.45, 2.75) is 36.8 Å². The van der Waals surface area contributed by atoms with Gasteiger partial charge in [0.15, 0.2) is 40.6 Å². The molecule has 12 heteroatoms. The Bertz CT molecular complexity index is 1720. The first kappa shape index (κ1) is 27.0. The Morgan fingerprint density at radius 2 is 1.12 bits per heavy atom. The van der Waals surface area contributed by atoms with E-state index in [9.17, 15) is 51.1 Å². The SMILES string of the molecule is Oc1ccc([C@H]2Oc3cc(O)c(O)cc3[C@@H](c3c(O)cc(O)c4c3O[C@H](c3ccc(O)c(O)c3)[C@H](O)C4)[C@@H]2O)cc1O. The first-order valence-corrected chi connectivity index (χ1v) is 12.8. The second kappa shape index (κ2) is 9.72. The predicted octanol–water partition coefficient (Wildman–Crippen LogP) is 3.00. The van der Waals surface area contributed by atoms with E-state index in [-0.39, 0.29) is 45.7 Å². The van der Waals surface area contributed by atoms with Gasteiger partial charge in [0.05, 0.1) is 12.0 Å². The number of aliphatic hydroxyl groups is 2. The molecule has 2 aliphatic heterocycles. The van der Waals surface area contributed by atoms with Gasteiger partial charge in [0.1, 0.15) is 35.2 Å². The van der Waals surface area contributed by atoms with E-state index in [0.29, 0.717) is 0 Å². The normalized spacial score (nSPS) is 22.9. The molecule has 0 unspecified atom stereocenters. The third-order valence-corrected chi connectivity index (χ3v) is 7.70. The molecule has 6 rings (SSSR count). The lowest BCUT2D eigenvalue weighted by Crippen LogP contribution is -2.36. The average Bonchev–Trinajstić information content (AvgIpc) is 2.94. The molecule has 0 aromatic heterocycles. The first-order valence-electron chi connectivity index (χ1n) is 12.8. The number of ether oxygens (including phenoxy) is 2. The highest BCUT2D eigenvalue weighted by molar-refractivity contribution is 5.64. The average molecular weight is 579 g/mol. The Kier molecular flexibility index (Phi) is 6.24. The summed E-state index contributed by atoms with van der Waals surface area (Å²) < 4.78 is 12.1. The molecule has 0 aliphatic carbocycles. The molecule has 12 nitrogen and oxygen atoms in total. The number of benzene rings is 4. The standard InChI is InChI=1S/C30H26O12/c31-15-3-1-11(5-18(15)34)28-23(39)7-13-17(33)9-22(38)26(30(13)42-28)25-14-8-20(36)21(37)10-24(14)41-29(27(25)40)12-2-4-16(32)19(35)6-12/h1-6,8-10,23,25,27-29,31-40H,7H2/t23-,25+,27+,28-,29-/m1/s1. The van der Waals surface area contributed by atoms with Gasteiger partial charge in [0, 0.05) is 35.2 Å². The van der Waals surface area contributed by atoms with Gasteiger partial charge in [0.25, 0.3) is 0 Å². The van der Waals surface area contributed by atoms with Crippen molar-refractivity contribution in [2.24, 2.45) is 0 Å². The molecule has 0 spiro atoms. The molecule has 0 radical (unpaired) electrons. The van der Waals surface area contributed by atoms with Crippen LogP contribution in [0.5, 0.6) is 57.5 Å². The highest BCUT2D eigenvalue weighted by Gasteiger charge is 2.45. The summed E-state index contributed by atoms with van der Waals surface area (Å²) >= 11 is 0. The Hall–Kier alpha value is -5.20. The smallest absolute Gasteiger partial charge is 0.161 e. The fraction of sp³-hybridized carbons (Fsp3) is 0.200. The number of fused-ring (bicyclic) bond motifs is 2. The van der Waals surface area contributed by atoms with E-state index >= 15 is 0 Å². The van der Waals surface area contributed by atoms with E-state index < -0.39 is 76.3 Å². The number of hydrogen-bond donors (Lipinski definition) is 10. The Morgan fingerprint density at radius 1 is 0.548 bits per heavy atom. The number of aromatic hydroxyl groups is 8. The van der Waals surface area contributed by atoms with Crippen molar-refractivity contribution in [3.63, 3.8) is 0 Å². The summed E-state index contributed by atoms with van der Waals surface area (Å²) in [4.78, 5) is 0. The fourth-order valence-electron chi connectivity index (χ4n) is 5.64. The number of phenolic OH excluding ortho intramolecular Hbond substituents is 8. The van der Waals surface area contributed by atoms with E-state index in [0.717, 1.165) is 18.2 Å². The number of phenols is 8. The summed E-state index contributed by atoms with van der Waals surface area (Å²) in [5.41, 5.74) is 0.690. The molecule has 0 bridgehead atoms. The van der Waals surface area contributed by atoms with E-state index in [2.05, 4.69) is 0 Å². The van der Waals surface area contributed by atoms with Crippen LogP contribution in [0.3, 0.4) is 0 Å². The van der Waals surface area contributed by atoms with E-state index in [4.69, 9.17) is 9.47 Å². The van der Waals surface area contributed by atoms with Crippen molar-refractivity contribution >= 4 is 0 Å². The molecule has 218 valence electrons. The second-order valence-electron chi connectivity index (χ2n) is 10.3. The van der Waals surface area contributed by atoms with Crippen molar-refractivity contribution in [2.75, 3.05) is 0 Å². The maximum absolute atomic E-state index is 11.7. The van der Waals surface area contributed by atoms with Crippen LogP contribution in [0.25, 0.3) is 0 Å². The highest BCUT2D eigenvalue weighted by Crippen LogP contribution is 2.56. The summed E-state index contributed by atoms with van der Waals surface area (Å²) in [6.07, 6.45) is -5.32. The molecule has 10 N–H and O–H groups in total. The number of aliphatic hydroxyl groups excluding tert-OH is 2.